The summed E-state index contributed by atoms with van der Waals surface area (Å²) in [5, 5.41) is 3.24. The molecule has 2 aromatic heterocycles. The quantitative estimate of drug-likeness (QED) is 0.748. The van der Waals surface area contributed by atoms with Crippen molar-refractivity contribution in [2.45, 2.75) is 24.3 Å². The van der Waals surface area contributed by atoms with E-state index in [1.54, 1.807) is 18.7 Å². The zero-order valence-corrected chi connectivity index (χ0v) is 13.8. The minimum atomic E-state index is -0.374. The van der Waals surface area contributed by atoms with E-state index in [1.165, 1.54) is 11.2 Å². The molecule has 0 spiro atoms. The lowest BCUT2D eigenvalue weighted by Crippen LogP contribution is -2.31. The third-order valence-corrected chi connectivity index (χ3v) is 5.28. The fourth-order valence-corrected chi connectivity index (χ4v) is 4.17. The van der Waals surface area contributed by atoms with E-state index in [-0.39, 0.29) is 34.2 Å². The Bertz CT molecular complexity index is 992. The van der Waals surface area contributed by atoms with Crippen LogP contribution in [0.25, 0.3) is 11.1 Å². The Kier molecular flexibility index (Phi) is 3.65. The van der Waals surface area contributed by atoms with E-state index in [1.807, 2.05) is 18.2 Å². The Morgan fingerprint density at radius 3 is 3.12 bits per heavy atom. The first-order valence-electron chi connectivity index (χ1n) is 7.64. The van der Waals surface area contributed by atoms with Crippen molar-refractivity contribution in [2.24, 2.45) is 0 Å². The number of hydrogen-bond donors (Lipinski definition) is 2. The molecule has 24 heavy (non-hydrogen) atoms. The molecule has 122 valence electrons. The van der Waals surface area contributed by atoms with Crippen LogP contribution in [0, 0.1) is 6.92 Å². The van der Waals surface area contributed by atoms with Gasteiger partial charge in [-0.25, -0.2) is 4.98 Å². The third-order valence-electron chi connectivity index (χ3n) is 4.16. The molecule has 3 aromatic rings. The molecule has 1 aliphatic rings. The largest absolute Gasteiger partial charge is 0.442 e. The lowest BCUT2D eigenvalue weighted by atomic mass is 10.0. The van der Waals surface area contributed by atoms with Gasteiger partial charge in [0.25, 0.3) is 11.5 Å². The highest BCUT2D eigenvalue weighted by atomic mass is 32.2. The number of furan rings is 1. The van der Waals surface area contributed by atoms with E-state index in [0.717, 1.165) is 17.7 Å². The van der Waals surface area contributed by atoms with Gasteiger partial charge in [-0.3, -0.25) is 9.59 Å². The second kappa shape index (κ2) is 5.83. The summed E-state index contributed by atoms with van der Waals surface area (Å²) in [6, 6.07) is 7.98. The second-order valence-corrected chi connectivity index (χ2v) is 6.78. The van der Waals surface area contributed by atoms with Crippen LogP contribution >= 0.6 is 11.8 Å². The molecule has 0 bridgehead atoms. The van der Waals surface area contributed by atoms with E-state index in [4.69, 9.17) is 4.42 Å². The summed E-state index contributed by atoms with van der Waals surface area (Å²) in [6.07, 6.45) is 2.11. The molecule has 0 radical (unpaired) electrons. The molecule has 7 heteroatoms. The average Bonchev–Trinajstić information content (AvgIpc) is 2.92. The maximum absolute atomic E-state index is 12.8. The Balaban J connectivity index is 1.72. The summed E-state index contributed by atoms with van der Waals surface area (Å²) in [6.45, 7) is 1.67. The summed E-state index contributed by atoms with van der Waals surface area (Å²) in [5.41, 5.74) is 1.18. The minimum Gasteiger partial charge on any atom is -0.442 e. The monoisotopic (exact) mass is 341 g/mol. The molecule has 1 amide bonds. The van der Waals surface area contributed by atoms with Gasteiger partial charge >= 0.3 is 0 Å². The molecule has 6 nitrogen and oxygen atoms in total. The normalized spacial score (nSPS) is 16.8. The molecule has 4 rings (SSSR count). The van der Waals surface area contributed by atoms with Crippen molar-refractivity contribution in [2.75, 3.05) is 5.75 Å². The van der Waals surface area contributed by atoms with Crippen molar-refractivity contribution in [3.63, 3.8) is 0 Å². The first kappa shape index (κ1) is 15.0. The van der Waals surface area contributed by atoms with Crippen LogP contribution in [-0.2, 0) is 0 Å². The van der Waals surface area contributed by atoms with Crippen molar-refractivity contribution >= 4 is 28.8 Å². The average molecular weight is 341 g/mol. The fourth-order valence-electron chi connectivity index (χ4n) is 3.05. The van der Waals surface area contributed by atoms with Gasteiger partial charge in [0, 0.05) is 10.6 Å². The fraction of sp³-hybridized carbons (Fsp3) is 0.235. The van der Waals surface area contributed by atoms with Crippen molar-refractivity contribution in [1.29, 1.82) is 0 Å². The molecule has 0 unspecified atom stereocenters. The van der Waals surface area contributed by atoms with Crippen LogP contribution in [0.4, 0.5) is 0 Å². The smallest absolute Gasteiger partial charge is 0.262 e. The maximum Gasteiger partial charge on any atom is 0.262 e. The van der Waals surface area contributed by atoms with Gasteiger partial charge < -0.3 is 14.7 Å². The van der Waals surface area contributed by atoms with Gasteiger partial charge in [-0.15, -0.1) is 11.8 Å². The number of H-pyrrole nitrogens is 1. The number of aromatic nitrogens is 2. The highest BCUT2D eigenvalue weighted by Gasteiger charge is 2.26. The van der Waals surface area contributed by atoms with Gasteiger partial charge in [0.05, 0.1) is 17.9 Å². The molecular weight excluding hydrogens is 326 g/mol. The number of aromatic amines is 1. The number of amides is 1. The molecule has 0 fully saturated rings. The summed E-state index contributed by atoms with van der Waals surface area (Å²) in [5.74, 6) is 1.02. The van der Waals surface area contributed by atoms with Crippen LogP contribution < -0.4 is 10.9 Å². The first-order chi connectivity index (χ1) is 11.6. The molecule has 1 aromatic carbocycles. The van der Waals surface area contributed by atoms with E-state index in [9.17, 15) is 9.59 Å². The van der Waals surface area contributed by atoms with Crippen LogP contribution in [0.15, 0.2) is 44.7 Å². The number of nitrogens with one attached hydrogen (secondary N) is 2. The zero-order chi connectivity index (χ0) is 16.7. The van der Waals surface area contributed by atoms with Crippen molar-refractivity contribution in [3.8, 4) is 0 Å². The van der Waals surface area contributed by atoms with E-state index < -0.39 is 0 Å². The highest BCUT2D eigenvalue weighted by molar-refractivity contribution is 7.99. The van der Waals surface area contributed by atoms with E-state index in [2.05, 4.69) is 21.4 Å². The van der Waals surface area contributed by atoms with Gasteiger partial charge in [0.1, 0.15) is 11.1 Å². The lowest BCUT2D eigenvalue weighted by molar-refractivity contribution is 0.0935. The summed E-state index contributed by atoms with van der Waals surface area (Å²) >= 11 is 1.79. The molecule has 3 heterocycles. The molecule has 0 saturated carbocycles. The van der Waals surface area contributed by atoms with Crippen molar-refractivity contribution < 1.29 is 9.21 Å². The third kappa shape index (κ3) is 2.41. The predicted octanol–water partition coefficient (Wildman–Crippen LogP) is 2.79. The Morgan fingerprint density at radius 1 is 1.42 bits per heavy atom. The number of rotatable bonds is 2. The predicted molar refractivity (Wildman–Crippen MR) is 91.4 cm³/mol. The molecule has 1 aliphatic heterocycles. The molecular formula is C17H15N3O3S. The maximum atomic E-state index is 12.8. The van der Waals surface area contributed by atoms with Gasteiger partial charge in [-0.1, -0.05) is 18.2 Å². The highest BCUT2D eigenvalue weighted by Crippen LogP contribution is 2.36. The van der Waals surface area contributed by atoms with Crippen molar-refractivity contribution in [1.82, 2.24) is 15.3 Å². The Morgan fingerprint density at radius 2 is 2.25 bits per heavy atom. The van der Waals surface area contributed by atoms with Crippen molar-refractivity contribution in [3.05, 3.63) is 57.8 Å². The standard InChI is InChI=1S/C17H15N3O3S/c1-9-13(14-15(21)18-8-19-17(14)23-9)16(22)20-11-6-7-24-12-5-3-2-4-10(11)12/h2-5,8,11H,6-7H2,1H3,(H,20,22)(H,18,19,21)/t11-/m1/s1. The number of benzene rings is 1. The summed E-state index contributed by atoms with van der Waals surface area (Å²) in [7, 11) is 0. The van der Waals surface area contributed by atoms with Gasteiger partial charge in [-0.05, 0) is 25.0 Å². The summed E-state index contributed by atoms with van der Waals surface area (Å²) < 4.78 is 5.46. The topological polar surface area (TPSA) is 88.0 Å². The first-order valence-corrected chi connectivity index (χ1v) is 8.63. The van der Waals surface area contributed by atoms with Gasteiger partial charge in [0.15, 0.2) is 0 Å². The van der Waals surface area contributed by atoms with Gasteiger partial charge in [0.2, 0.25) is 5.71 Å². The Labute approximate surface area is 141 Å². The second-order valence-electron chi connectivity index (χ2n) is 5.65. The molecule has 2 N–H and O–H groups in total. The van der Waals surface area contributed by atoms with E-state index >= 15 is 0 Å². The molecule has 0 saturated heterocycles. The van der Waals surface area contributed by atoms with Crippen LogP contribution in [0.2, 0.25) is 0 Å². The lowest BCUT2D eigenvalue weighted by Gasteiger charge is -2.25. The molecule has 0 aliphatic carbocycles. The number of carbonyl (C=O) groups excluding carboxylic acids is 1. The van der Waals surface area contributed by atoms with Gasteiger partial charge in [-0.2, -0.15) is 0 Å². The minimum absolute atomic E-state index is 0.0740. The number of carbonyl (C=O) groups is 1. The van der Waals surface area contributed by atoms with Crippen LogP contribution in [0.1, 0.15) is 34.1 Å². The number of hydrogen-bond acceptors (Lipinski definition) is 5. The molecule has 1 atom stereocenters. The number of aryl methyl sites for hydroxylation is 1. The summed E-state index contributed by atoms with van der Waals surface area (Å²) in [4.78, 5) is 32.5. The van der Waals surface area contributed by atoms with Crippen LogP contribution in [0.5, 0.6) is 0 Å². The zero-order valence-electron chi connectivity index (χ0n) is 13.0. The van der Waals surface area contributed by atoms with Crippen LogP contribution in [-0.4, -0.2) is 21.6 Å². The van der Waals surface area contributed by atoms with Crippen LogP contribution in [0.3, 0.4) is 0 Å². The van der Waals surface area contributed by atoms with E-state index in [0.29, 0.717) is 5.76 Å². The number of fused-ring (bicyclic) bond motifs is 2. The number of thioether (sulfide) groups is 1. The SMILES string of the molecule is Cc1oc2nc[nH]c(=O)c2c1C(=O)N[C@@H]1CCSc2ccccc21. The number of nitrogens with zero attached hydrogens (tertiary/aromatic N) is 1. The Hall–Kier alpha value is -2.54.